The zero-order valence-electron chi connectivity index (χ0n) is 12.0. The summed E-state index contributed by atoms with van der Waals surface area (Å²) in [5.74, 6) is 0.509. The van der Waals surface area contributed by atoms with Gasteiger partial charge in [-0.25, -0.2) is 14.4 Å². The van der Waals surface area contributed by atoms with E-state index in [-0.39, 0.29) is 11.9 Å². The number of aromatic nitrogens is 3. The van der Waals surface area contributed by atoms with Gasteiger partial charge in [0.25, 0.3) is 0 Å². The topological polar surface area (TPSA) is 56.7 Å². The highest BCUT2D eigenvalue weighted by atomic mass is 32.1. The van der Waals surface area contributed by atoms with E-state index >= 15 is 0 Å². The Balaban J connectivity index is 2.18. The fourth-order valence-corrected chi connectivity index (χ4v) is 3.22. The molecule has 2 aromatic heterocycles. The molecule has 0 fully saturated rings. The van der Waals surface area contributed by atoms with E-state index in [1.54, 1.807) is 17.4 Å². The van der Waals surface area contributed by atoms with E-state index in [0.29, 0.717) is 12.1 Å². The van der Waals surface area contributed by atoms with Crippen molar-refractivity contribution in [3.05, 3.63) is 34.4 Å². The van der Waals surface area contributed by atoms with Crippen LogP contribution in [-0.2, 0) is 6.42 Å². The first kappa shape index (κ1) is 14.2. The van der Waals surface area contributed by atoms with Gasteiger partial charge in [-0.3, -0.25) is 0 Å². The van der Waals surface area contributed by atoms with Crippen LogP contribution in [0, 0.1) is 5.82 Å². The molecule has 0 unspecified atom stereocenters. The standard InChI is InChI=1S/C15H17FN4S/c1-9(2)20-13-4-3-10(16)7-11(13)19-15(20)12-8-21-14(18-12)5-6-17/h3-4,7-9H,5-6,17H2,1-2H3. The average Bonchev–Trinajstić information content (AvgIpc) is 3.02. The van der Waals surface area contributed by atoms with E-state index in [9.17, 15) is 4.39 Å². The van der Waals surface area contributed by atoms with Crippen molar-refractivity contribution < 1.29 is 4.39 Å². The Hall–Kier alpha value is -1.79. The van der Waals surface area contributed by atoms with Crippen molar-refractivity contribution in [2.45, 2.75) is 26.3 Å². The minimum absolute atomic E-state index is 0.218. The predicted molar refractivity (Wildman–Crippen MR) is 83.9 cm³/mol. The average molecular weight is 304 g/mol. The molecule has 0 saturated carbocycles. The van der Waals surface area contributed by atoms with Gasteiger partial charge in [0.2, 0.25) is 0 Å². The first-order valence-corrected chi connectivity index (χ1v) is 7.80. The number of rotatable bonds is 4. The Morgan fingerprint density at radius 1 is 1.33 bits per heavy atom. The van der Waals surface area contributed by atoms with Gasteiger partial charge in [0.1, 0.15) is 11.5 Å². The van der Waals surface area contributed by atoms with Crippen LogP contribution < -0.4 is 5.73 Å². The molecular formula is C15H17FN4S. The molecule has 4 nitrogen and oxygen atoms in total. The largest absolute Gasteiger partial charge is 0.330 e. The van der Waals surface area contributed by atoms with Crippen LogP contribution in [0.2, 0.25) is 0 Å². The summed E-state index contributed by atoms with van der Waals surface area (Å²) in [6.45, 7) is 4.75. The lowest BCUT2D eigenvalue weighted by atomic mass is 10.3. The van der Waals surface area contributed by atoms with Gasteiger partial charge in [-0.15, -0.1) is 11.3 Å². The van der Waals surface area contributed by atoms with E-state index in [1.807, 2.05) is 5.38 Å². The third-order valence-electron chi connectivity index (χ3n) is 3.31. The maximum atomic E-state index is 13.4. The molecule has 0 aliphatic heterocycles. The van der Waals surface area contributed by atoms with Crippen LogP contribution in [0.1, 0.15) is 24.9 Å². The number of nitrogens with two attached hydrogens (primary N) is 1. The van der Waals surface area contributed by atoms with Crippen LogP contribution in [0.3, 0.4) is 0 Å². The van der Waals surface area contributed by atoms with Crippen LogP contribution in [0.4, 0.5) is 4.39 Å². The highest BCUT2D eigenvalue weighted by Gasteiger charge is 2.17. The Morgan fingerprint density at radius 3 is 2.86 bits per heavy atom. The van der Waals surface area contributed by atoms with Gasteiger partial charge in [-0.05, 0) is 32.5 Å². The second-order valence-corrected chi connectivity index (χ2v) is 6.14. The van der Waals surface area contributed by atoms with Crippen LogP contribution in [0.25, 0.3) is 22.6 Å². The number of imidazole rings is 1. The van der Waals surface area contributed by atoms with Gasteiger partial charge >= 0.3 is 0 Å². The lowest BCUT2D eigenvalue weighted by Crippen LogP contribution is -2.04. The molecule has 0 aliphatic rings. The number of fused-ring (bicyclic) bond motifs is 1. The predicted octanol–water partition coefficient (Wildman–Crippen LogP) is 3.38. The number of hydrogen-bond acceptors (Lipinski definition) is 4. The lowest BCUT2D eigenvalue weighted by Gasteiger charge is -2.11. The molecule has 0 saturated heterocycles. The Bertz CT molecular complexity index is 775. The third kappa shape index (κ3) is 2.56. The van der Waals surface area contributed by atoms with Gasteiger partial charge in [0.05, 0.1) is 16.0 Å². The zero-order valence-corrected chi connectivity index (χ0v) is 12.8. The Kier molecular flexibility index (Phi) is 3.73. The SMILES string of the molecule is CC(C)n1c(-c2csc(CCN)n2)nc2cc(F)ccc21. The maximum Gasteiger partial charge on any atom is 0.160 e. The molecule has 0 aliphatic carbocycles. The fourth-order valence-electron chi connectivity index (χ4n) is 2.43. The molecule has 110 valence electrons. The summed E-state index contributed by atoms with van der Waals surface area (Å²) in [6, 6.07) is 4.92. The number of nitrogens with zero attached hydrogens (tertiary/aromatic N) is 3. The van der Waals surface area contributed by atoms with Crippen LogP contribution >= 0.6 is 11.3 Å². The molecule has 3 aromatic rings. The van der Waals surface area contributed by atoms with Gasteiger partial charge in [0.15, 0.2) is 5.82 Å². The summed E-state index contributed by atoms with van der Waals surface area (Å²) < 4.78 is 15.5. The van der Waals surface area contributed by atoms with Crippen molar-refractivity contribution in [2.75, 3.05) is 6.54 Å². The van der Waals surface area contributed by atoms with E-state index < -0.39 is 0 Å². The maximum absolute atomic E-state index is 13.4. The summed E-state index contributed by atoms with van der Waals surface area (Å²) >= 11 is 1.58. The molecule has 0 radical (unpaired) electrons. The van der Waals surface area contributed by atoms with Crippen LogP contribution in [0.15, 0.2) is 23.6 Å². The molecule has 1 aromatic carbocycles. The first-order valence-electron chi connectivity index (χ1n) is 6.92. The number of hydrogen-bond donors (Lipinski definition) is 1. The summed E-state index contributed by atoms with van der Waals surface area (Å²) in [5.41, 5.74) is 7.98. The number of thiazole rings is 1. The second-order valence-electron chi connectivity index (χ2n) is 5.20. The monoisotopic (exact) mass is 304 g/mol. The molecule has 0 bridgehead atoms. The summed E-state index contributed by atoms with van der Waals surface area (Å²) in [6.07, 6.45) is 0.765. The highest BCUT2D eigenvalue weighted by Crippen LogP contribution is 2.29. The summed E-state index contributed by atoms with van der Waals surface area (Å²) in [5, 5.41) is 2.99. The van der Waals surface area contributed by atoms with E-state index in [1.165, 1.54) is 12.1 Å². The molecule has 6 heteroatoms. The summed E-state index contributed by atoms with van der Waals surface area (Å²) in [7, 11) is 0. The lowest BCUT2D eigenvalue weighted by molar-refractivity contribution is 0.620. The third-order valence-corrected chi connectivity index (χ3v) is 4.22. The minimum Gasteiger partial charge on any atom is -0.330 e. The Labute approximate surface area is 126 Å². The first-order chi connectivity index (χ1) is 10.1. The Morgan fingerprint density at radius 2 is 2.14 bits per heavy atom. The fraction of sp³-hybridized carbons (Fsp3) is 0.333. The van der Waals surface area contributed by atoms with Crippen molar-refractivity contribution in [3.63, 3.8) is 0 Å². The molecule has 2 heterocycles. The van der Waals surface area contributed by atoms with Gasteiger partial charge in [-0.1, -0.05) is 0 Å². The normalized spacial score (nSPS) is 11.7. The quantitative estimate of drug-likeness (QED) is 0.804. The molecule has 21 heavy (non-hydrogen) atoms. The van der Waals surface area contributed by atoms with Crippen molar-refractivity contribution in [2.24, 2.45) is 5.73 Å². The molecule has 0 spiro atoms. The van der Waals surface area contributed by atoms with E-state index in [0.717, 1.165) is 28.5 Å². The van der Waals surface area contributed by atoms with Gasteiger partial charge < -0.3 is 10.3 Å². The molecule has 2 N–H and O–H groups in total. The second kappa shape index (κ2) is 5.54. The zero-order chi connectivity index (χ0) is 15.0. The highest BCUT2D eigenvalue weighted by molar-refractivity contribution is 7.09. The number of halogens is 1. The van der Waals surface area contributed by atoms with E-state index in [4.69, 9.17) is 5.73 Å². The number of benzene rings is 1. The minimum atomic E-state index is -0.274. The van der Waals surface area contributed by atoms with Crippen molar-refractivity contribution in [3.8, 4) is 11.5 Å². The molecule has 0 atom stereocenters. The van der Waals surface area contributed by atoms with Crippen molar-refractivity contribution >= 4 is 22.4 Å². The molecule has 0 amide bonds. The smallest absolute Gasteiger partial charge is 0.160 e. The van der Waals surface area contributed by atoms with Gasteiger partial charge in [0, 0.05) is 23.9 Å². The van der Waals surface area contributed by atoms with Gasteiger partial charge in [-0.2, -0.15) is 0 Å². The van der Waals surface area contributed by atoms with Crippen LogP contribution in [-0.4, -0.2) is 21.1 Å². The summed E-state index contributed by atoms with van der Waals surface area (Å²) in [4.78, 5) is 9.17. The molecule has 3 rings (SSSR count). The molecular weight excluding hydrogens is 287 g/mol. The van der Waals surface area contributed by atoms with Crippen LogP contribution in [0.5, 0.6) is 0 Å². The van der Waals surface area contributed by atoms with Crippen molar-refractivity contribution in [1.82, 2.24) is 14.5 Å². The van der Waals surface area contributed by atoms with Crippen molar-refractivity contribution in [1.29, 1.82) is 0 Å². The van der Waals surface area contributed by atoms with E-state index in [2.05, 4.69) is 28.4 Å².